The van der Waals surface area contributed by atoms with Crippen LogP contribution in [0.3, 0.4) is 0 Å². The van der Waals surface area contributed by atoms with E-state index in [-0.39, 0.29) is 5.75 Å². The van der Waals surface area contributed by atoms with E-state index in [2.05, 4.69) is 15.6 Å². The van der Waals surface area contributed by atoms with Crippen LogP contribution in [0, 0.1) is 6.92 Å². The van der Waals surface area contributed by atoms with Gasteiger partial charge in [-0.15, -0.1) is 0 Å². The molecule has 0 saturated carbocycles. The lowest BCUT2D eigenvalue weighted by Crippen LogP contribution is -2.28. The Hall–Kier alpha value is -1.36. The zero-order valence-electron chi connectivity index (χ0n) is 8.16. The van der Waals surface area contributed by atoms with Gasteiger partial charge in [0.05, 0.1) is 0 Å². The molecule has 0 aliphatic rings. The molecule has 0 spiro atoms. The van der Waals surface area contributed by atoms with Crippen molar-refractivity contribution in [2.75, 3.05) is 11.9 Å². The molecule has 0 aliphatic carbocycles. The van der Waals surface area contributed by atoms with E-state index in [1.165, 1.54) is 0 Å². The normalized spacial score (nSPS) is 9.57. The van der Waals surface area contributed by atoms with Crippen molar-refractivity contribution in [2.24, 2.45) is 0 Å². The summed E-state index contributed by atoms with van der Waals surface area (Å²) in [6, 6.07) is 3.32. The van der Waals surface area contributed by atoms with Gasteiger partial charge >= 0.3 is 0 Å². The van der Waals surface area contributed by atoms with Gasteiger partial charge < -0.3 is 15.7 Å². The summed E-state index contributed by atoms with van der Waals surface area (Å²) >= 11 is 4.96. The Balaban J connectivity index is 2.75. The van der Waals surface area contributed by atoms with Gasteiger partial charge in [0.1, 0.15) is 0 Å². The number of thiocarbonyl (C=S) groups is 1. The van der Waals surface area contributed by atoms with Gasteiger partial charge in [0, 0.05) is 12.2 Å². The number of aromatic hydroxyl groups is 1. The topological polar surface area (TPSA) is 57.2 Å². The summed E-state index contributed by atoms with van der Waals surface area (Å²) in [6.07, 6.45) is 0. The number of nitrogens with zero attached hydrogens (tertiary/aromatic N) is 1. The van der Waals surface area contributed by atoms with Crippen molar-refractivity contribution in [2.45, 2.75) is 13.8 Å². The highest BCUT2D eigenvalue weighted by atomic mass is 32.1. The fourth-order valence-corrected chi connectivity index (χ4v) is 1.19. The van der Waals surface area contributed by atoms with Crippen molar-refractivity contribution in [3.8, 4) is 5.75 Å². The molecule has 0 unspecified atom stereocenters. The minimum atomic E-state index is 0.0934. The van der Waals surface area contributed by atoms with Crippen molar-refractivity contribution in [3.63, 3.8) is 0 Å². The Morgan fingerprint density at radius 2 is 2.29 bits per heavy atom. The van der Waals surface area contributed by atoms with Gasteiger partial charge in [0.15, 0.2) is 16.7 Å². The number of nitrogens with one attached hydrogen (secondary N) is 2. The second-order valence-electron chi connectivity index (χ2n) is 2.80. The molecule has 76 valence electrons. The third kappa shape index (κ3) is 2.85. The molecular formula is C9H13N3OS. The number of pyridine rings is 1. The van der Waals surface area contributed by atoms with Crippen molar-refractivity contribution >= 4 is 23.1 Å². The van der Waals surface area contributed by atoms with Crippen LogP contribution < -0.4 is 10.6 Å². The maximum absolute atomic E-state index is 9.44. The maximum atomic E-state index is 9.44. The summed E-state index contributed by atoms with van der Waals surface area (Å²) in [5.74, 6) is 0.479. The summed E-state index contributed by atoms with van der Waals surface area (Å²) in [6.45, 7) is 4.52. The molecule has 1 heterocycles. The maximum Gasteiger partial charge on any atom is 0.174 e. The molecule has 4 nitrogen and oxygen atoms in total. The minimum absolute atomic E-state index is 0.0934. The molecule has 0 aliphatic heterocycles. The smallest absolute Gasteiger partial charge is 0.174 e. The Bertz CT molecular complexity index is 341. The first kappa shape index (κ1) is 10.7. The van der Waals surface area contributed by atoms with Crippen LogP contribution in [-0.2, 0) is 0 Å². The van der Waals surface area contributed by atoms with Gasteiger partial charge in [-0.2, -0.15) is 0 Å². The van der Waals surface area contributed by atoms with E-state index in [0.717, 1.165) is 12.2 Å². The van der Waals surface area contributed by atoms with E-state index in [1.54, 1.807) is 12.1 Å². The molecule has 0 amide bonds. The Morgan fingerprint density at radius 3 is 2.93 bits per heavy atom. The molecule has 3 N–H and O–H groups in total. The number of aryl methyl sites for hydroxylation is 1. The largest absolute Gasteiger partial charge is 0.504 e. The number of rotatable bonds is 2. The van der Waals surface area contributed by atoms with Gasteiger partial charge in [0.2, 0.25) is 0 Å². The predicted octanol–water partition coefficient (Wildman–Crippen LogP) is 1.40. The number of anilines is 1. The molecule has 0 bridgehead atoms. The second-order valence-corrected chi connectivity index (χ2v) is 3.21. The van der Waals surface area contributed by atoms with Crippen LogP contribution in [0.15, 0.2) is 12.1 Å². The van der Waals surface area contributed by atoms with Crippen molar-refractivity contribution < 1.29 is 5.11 Å². The van der Waals surface area contributed by atoms with Crippen LogP contribution in [0.5, 0.6) is 5.75 Å². The zero-order chi connectivity index (χ0) is 10.6. The molecule has 0 fully saturated rings. The molecule has 0 saturated heterocycles. The van der Waals surface area contributed by atoms with Crippen LogP contribution in [-0.4, -0.2) is 21.7 Å². The second kappa shape index (κ2) is 4.76. The molecule has 5 heteroatoms. The van der Waals surface area contributed by atoms with E-state index in [0.29, 0.717) is 10.9 Å². The summed E-state index contributed by atoms with van der Waals surface area (Å²) in [7, 11) is 0. The van der Waals surface area contributed by atoms with Crippen molar-refractivity contribution in [1.82, 2.24) is 10.3 Å². The quantitative estimate of drug-likeness (QED) is 0.646. The van der Waals surface area contributed by atoms with Gasteiger partial charge in [-0.3, -0.25) is 0 Å². The molecule has 1 rings (SSSR count). The van der Waals surface area contributed by atoms with Crippen LogP contribution in [0.1, 0.15) is 12.6 Å². The zero-order valence-corrected chi connectivity index (χ0v) is 8.98. The van der Waals surface area contributed by atoms with Gasteiger partial charge in [-0.05, 0) is 38.2 Å². The van der Waals surface area contributed by atoms with E-state index in [4.69, 9.17) is 12.2 Å². The third-order valence-electron chi connectivity index (χ3n) is 1.58. The molecule has 0 atom stereocenters. The van der Waals surface area contributed by atoms with Crippen LogP contribution in [0.4, 0.5) is 5.82 Å². The standard InChI is InChI=1S/C9H13N3OS/c1-3-10-9(14)12-8-7(13)5-4-6(2)11-8/h4-5,13H,3H2,1-2H3,(H2,10,11,12,14). The monoisotopic (exact) mass is 211 g/mol. The molecule has 14 heavy (non-hydrogen) atoms. The Morgan fingerprint density at radius 1 is 1.57 bits per heavy atom. The molecule has 1 aromatic heterocycles. The average molecular weight is 211 g/mol. The van der Waals surface area contributed by atoms with Gasteiger partial charge in [-0.1, -0.05) is 0 Å². The van der Waals surface area contributed by atoms with Crippen LogP contribution in [0.25, 0.3) is 0 Å². The fourth-order valence-electron chi connectivity index (χ4n) is 0.954. The molecule has 0 aromatic carbocycles. The first-order valence-electron chi connectivity index (χ1n) is 4.35. The van der Waals surface area contributed by atoms with E-state index >= 15 is 0 Å². The first-order chi connectivity index (χ1) is 6.63. The lowest BCUT2D eigenvalue weighted by molar-refractivity contribution is 0.475. The minimum Gasteiger partial charge on any atom is -0.504 e. The Labute approximate surface area is 88.4 Å². The van der Waals surface area contributed by atoms with E-state index in [1.807, 2.05) is 13.8 Å². The average Bonchev–Trinajstić information content (AvgIpc) is 2.12. The predicted molar refractivity (Wildman–Crippen MR) is 60.5 cm³/mol. The van der Waals surface area contributed by atoms with Crippen molar-refractivity contribution in [3.05, 3.63) is 17.8 Å². The highest BCUT2D eigenvalue weighted by molar-refractivity contribution is 7.80. The fraction of sp³-hybridized carbons (Fsp3) is 0.333. The third-order valence-corrected chi connectivity index (χ3v) is 1.83. The number of aromatic nitrogens is 1. The highest BCUT2D eigenvalue weighted by Crippen LogP contribution is 2.19. The first-order valence-corrected chi connectivity index (χ1v) is 4.75. The SMILES string of the molecule is CCNC(=S)Nc1nc(C)ccc1O. The summed E-state index contributed by atoms with van der Waals surface area (Å²) in [4.78, 5) is 4.11. The van der Waals surface area contributed by atoms with Gasteiger partial charge in [-0.25, -0.2) is 4.98 Å². The van der Waals surface area contributed by atoms with Crippen LogP contribution >= 0.6 is 12.2 Å². The van der Waals surface area contributed by atoms with Gasteiger partial charge in [0.25, 0.3) is 0 Å². The highest BCUT2D eigenvalue weighted by Gasteiger charge is 2.03. The lowest BCUT2D eigenvalue weighted by Gasteiger charge is -2.09. The van der Waals surface area contributed by atoms with Crippen molar-refractivity contribution in [1.29, 1.82) is 0 Å². The van der Waals surface area contributed by atoms with Crippen LogP contribution in [0.2, 0.25) is 0 Å². The summed E-state index contributed by atoms with van der Waals surface area (Å²) in [5, 5.41) is 15.6. The lowest BCUT2D eigenvalue weighted by atomic mass is 10.3. The Kier molecular flexibility index (Phi) is 3.64. The van der Waals surface area contributed by atoms with E-state index in [9.17, 15) is 5.11 Å². The van der Waals surface area contributed by atoms with E-state index < -0.39 is 0 Å². The molecule has 0 radical (unpaired) electrons. The number of hydrogen-bond acceptors (Lipinski definition) is 3. The summed E-state index contributed by atoms with van der Waals surface area (Å²) < 4.78 is 0. The number of hydrogen-bond donors (Lipinski definition) is 3. The molecule has 1 aromatic rings. The molecular weight excluding hydrogens is 198 g/mol. The summed E-state index contributed by atoms with van der Waals surface area (Å²) in [5.41, 5.74) is 0.824.